The third-order valence-electron chi connectivity index (χ3n) is 2.98. The first-order valence-electron chi connectivity index (χ1n) is 6.48. The van der Waals surface area contributed by atoms with Gasteiger partial charge in [-0.2, -0.15) is 0 Å². The average Bonchev–Trinajstić information content (AvgIpc) is 2.60. The highest BCUT2D eigenvalue weighted by atomic mass is 16.5. The van der Waals surface area contributed by atoms with E-state index in [0.29, 0.717) is 18.3 Å². The van der Waals surface area contributed by atoms with E-state index in [-0.39, 0.29) is 5.43 Å². The summed E-state index contributed by atoms with van der Waals surface area (Å²) in [5.41, 5.74) is 2.02. The van der Waals surface area contributed by atoms with Crippen LogP contribution in [0.2, 0.25) is 0 Å². The highest BCUT2D eigenvalue weighted by Crippen LogP contribution is 2.13. The largest absolute Gasteiger partial charge is 0.485 e. The van der Waals surface area contributed by atoms with E-state index in [4.69, 9.17) is 4.74 Å². The Balaban J connectivity index is 2.18. The molecule has 2 nitrogen and oxygen atoms in total. The number of benzene rings is 1. The lowest BCUT2D eigenvalue weighted by Crippen LogP contribution is -2.05. The smallest absolute Gasteiger partial charge is 0.220 e. The summed E-state index contributed by atoms with van der Waals surface area (Å²) in [7, 11) is 0. The fourth-order valence-electron chi connectivity index (χ4n) is 1.81. The topological polar surface area (TPSA) is 26.3 Å². The van der Waals surface area contributed by atoms with Gasteiger partial charge in [-0.25, -0.2) is 0 Å². The summed E-state index contributed by atoms with van der Waals surface area (Å²) in [5, 5.41) is 0. The molecule has 0 amide bonds. The van der Waals surface area contributed by atoms with Crippen molar-refractivity contribution in [2.75, 3.05) is 0 Å². The van der Waals surface area contributed by atoms with E-state index in [1.807, 2.05) is 42.5 Å². The molecular weight excluding hydrogens is 236 g/mol. The minimum absolute atomic E-state index is 0.0652. The van der Waals surface area contributed by atoms with Crippen LogP contribution in [0.15, 0.2) is 59.4 Å². The number of rotatable bonds is 4. The zero-order chi connectivity index (χ0) is 13.7. The Bertz CT molecular complexity index is 589. The van der Waals surface area contributed by atoms with E-state index in [1.54, 1.807) is 12.1 Å². The molecular formula is C17H18O2. The zero-order valence-corrected chi connectivity index (χ0v) is 11.3. The summed E-state index contributed by atoms with van der Waals surface area (Å²) in [4.78, 5) is 12.0. The summed E-state index contributed by atoms with van der Waals surface area (Å²) in [6.07, 6.45) is 0. The van der Waals surface area contributed by atoms with Crippen molar-refractivity contribution in [1.29, 1.82) is 0 Å². The molecule has 0 saturated heterocycles. The Kier molecular flexibility index (Phi) is 4.35. The van der Waals surface area contributed by atoms with Crippen LogP contribution in [-0.2, 0) is 6.61 Å². The maximum absolute atomic E-state index is 12.0. The first-order valence-corrected chi connectivity index (χ1v) is 6.48. The van der Waals surface area contributed by atoms with Crippen LogP contribution in [0, 0.1) is 0 Å². The van der Waals surface area contributed by atoms with Gasteiger partial charge in [-0.1, -0.05) is 56.3 Å². The van der Waals surface area contributed by atoms with E-state index >= 15 is 0 Å². The van der Waals surface area contributed by atoms with Gasteiger partial charge in [-0.3, -0.25) is 4.79 Å². The van der Waals surface area contributed by atoms with Crippen LogP contribution < -0.4 is 10.2 Å². The molecule has 2 aromatic carbocycles. The van der Waals surface area contributed by atoms with Gasteiger partial charge < -0.3 is 4.74 Å². The van der Waals surface area contributed by atoms with E-state index in [0.717, 1.165) is 11.1 Å². The quantitative estimate of drug-likeness (QED) is 0.830. The maximum Gasteiger partial charge on any atom is 0.220 e. The molecule has 0 bridgehead atoms. The molecule has 0 aliphatic carbocycles. The normalized spacial score (nSPS) is 10.5. The Morgan fingerprint density at radius 3 is 2.42 bits per heavy atom. The standard InChI is InChI=1S/C17H18O2/c1-13(2)15-9-6-10-17(16(18)11-15)19-12-14-7-4-3-5-8-14/h3-11,13H,12H2,1-2H3. The third kappa shape index (κ3) is 3.68. The fourth-order valence-corrected chi connectivity index (χ4v) is 1.81. The van der Waals surface area contributed by atoms with Gasteiger partial charge in [0.15, 0.2) is 5.75 Å². The molecule has 0 heterocycles. The monoisotopic (exact) mass is 254 g/mol. The van der Waals surface area contributed by atoms with E-state index in [9.17, 15) is 4.79 Å². The Morgan fingerprint density at radius 2 is 1.74 bits per heavy atom. The minimum atomic E-state index is -0.0652. The summed E-state index contributed by atoms with van der Waals surface area (Å²) in [6.45, 7) is 4.55. The average molecular weight is 254 g/mol. The van der Waals surface area contributed by atoms with Crippen molar-refractivity contribution in [3.05, 3.63) is 75.9 Å². The van der Waals surface area contributed by atoms with Crippen molar-refractivity contribution in [3.63, 3.8) is 0 Å². The van der Waals surface area contributed by atoms with Gasteiger partial charge in [-0.05, 0) is 29.2 Å². The van der Waals surface area contributed by atoms with Crippen molar-refractivity contribution >= 4 is 0 Å². The van der Waals surface area contributed by atoms with Crippen molar-refractivity contribution in [1.82, 2.24) is 0 Å². The Morgan fingerprint density at radius 1 is 1.00 bits per heavy atom. The van der Waals surface area contributed by atoms with Crippen molar-refractivity contribution in [2.24, 2.45) is 0 Å². The van der Waals surface area contributed by atoms with Crippen LogP contribution in [0.1, 0.15) is 30.9 Å². The van der Waals surface area contributed by atoms with E-state index in [2.05, 4.69) is 13.8 Å². The minimum Gasteiger partial charge on any atom is -0.485 e. The predicted octanol–water partition coefficient (Wildman–Crippen LogP) is 3.75. The predicted molar refractivity (Wildman–Crippen MR) is 77.6 cm³/mol. The molecule has 0 aromatic heterocycles. The van der Waals surface area contributed by atoms with Gasteiger partial charge in [0, 0.05) is 0 Å². The molecule has 0 spiro atoms. The third-order valence-corrected chi connectivity index (χ3v) is 2.98. The van der Waals surface area contributed by atoms with Crippen LogP contribution in [0.25, 0.3) is 0 Å². The summed E-state index contributed by atoms with van der Waals surface area (Å²) >= 11 is 0. The molecule has 98 valence electrons. The molecule has 2 aromatic rings. The Hall–Kier alpha value is -2.09. The van der Waals surface area contributed by atoms with Crippen molar-refractivity contribution in [3.8, 4) is 5.75 Å². The molecule has 0 aliphatic heterocycles. The molecule has 0 radical (unpaired) electrons. The maximum atomic E-state index is 12.0. The van der Waals surface area contributed by atoms with Crippen molar-refractivity contribution < 1.29 is 4.74 Å². The molecule has 2 heteroatoms. The SMILES string of the molecule is CC(C)c1cccc(OCc2ccccc2)c(=O)c1. The molecule has 0 saturated carbocycles. The summed E-state index contributed by atoms with van der Waals surface area (Å²) in [5.74, 6) is 0.734. The Labute approximate surface area is 113 Å². The highest BCUT2D eigenvalue weighted by molar-refractivity contribution is 5.27. The van der Waals surface area contributed by atoms with Crippen LogP contribution >= 0.6 is 0 Å². The highest BCUT2D eigenvalue weighted by Gasteiger charge is 2.03. The molecule has 0 fully saturated rings. The zero-order valence-electron chi connectivity index (χ0n) is 11.3. The van der Waals surface area contributed by atoms with Gasteiger partial charge in [0.25, 0.3) is 0 Å². The van der Waals surface area contributed by atoms with E-state index in [1.165, 1.54) is 0 Å². The molecule has 0 aliphatic rings. The van der Waals surface area contributed by atoms with Gasteiger partial charge >= 0.3 is 0 Å². The van der Waals surface area contributed by atoms with Gasteiger partial charge in [0.2, 0.25) is 5.43 Å². The molecule has 19 heavy (non-hydrogen) atoms. The number of hydrogen-bond donors (Lipinski definition) is 0. The van der Waals surface area contributed by atoms with Gasteiger partial charge in [-0.15, -0.1) is 0 Å². The van der Waals surface area contributed by atoms with Crippen LogP contribution in [0.3, 0.4) is 0 Å². The lowest BCUT2D eigenvalue weighted by Gasteiger charge is -2.03. The first kappa shape index (κ1) is 13.3. The van der Waals surface area contributed by atoms with Crippen LogP contribution in [-0.4, -0.2) is 0 Å². The second-order valence-electron chi connectivity index (χ2n) is 4.83. The second-order valence-corrected chi connectivity index (χ2v) is 4.83. The van der Waals surface area contributed by atoms with Crippen molar-refractivity contribution in [2.45, 2.75) is 26.4 Å². The molecule has 0 unspecified atom stereocenters. The summed E-state index contributed by atoms with van der Waals surface area (Å²) in [6, 6.07) is 17.1. The fraction of sp³-hybridized carbons (Fsp3) is 0.235. The molecule has 0 atom stereocenters. The van der Waals surface area contributed by atoms with Crippen LogP contribution in [0.5, 0.6) is 5.75 Å². The van der Waals surface area contributed by atoms with Crippen LogP contribution in [0.4, 0.5) is 0 Å². The number of hydrogen-bond acceptors (Lipinski definition) is 2. The molecule has 0 N–H and O–H groups in total. The second kappa shape index (κ2) is 6.19. The van der Waals surface area contributed by atoms with E-state index < -0.39 is 0 Å². The number of ether oxygens (including phenoxy) is 1. The summed E-state index contributed by atoms with van der Waals surface area (Å²) < 4.78 is 5.61. The van der Waals surface area contributed by atoms with Gasteiger partial charge in [0.1, 0.15) is 6.61 Å². The van der Waals surface area contributed by atoms with Gasteiger partial charge in [0.05, 0.1) is 0 Å². The first-order chi connectivity index (χ1) is 9.16. The lowest BCUT2D eigenvalue weighted by molar-refractivity contribution is 0.303. The lowest BCUT2D eigenvalue weighted by atomic mass is 10.1. The molecule has 2 rings (SSSR count).